The first-order chi connectivity index (χ1) is 6.68. The van der Waals surface area contributed by atoms with Gasteiger partial charge in [0, 0.05) is 6.54 Å². The van der Waals surface area contributed by atoms with E-state index >= 15 is 0 Å². The minimum Gasteiger partial charge on any atom is -0.397 e. The van der Waals surface area contributed by atoms with Crippen LogP contribution in [0.1, 0.15) is 19.8 Å². The van der Waals surface area contributed by atoms with Gasteiger partial charge >= 0.3 is 0 Å². The van der Waals surface area contributed by atoms with Gasteiger partial charge in [0.25, 0.3) is 0 Å². The topological polar surface area (TPSA) is 71.2 Å². The number of nitrogens with zero attached hydrogens (tertiary/aromatic N) is 1. The molecule has 14 heavy (non-hydrogen) atoms. The third kappa shape index (κ3) is 4.09. The predicted octanol–water partition coefficient (Wildman–Crippen LogP) is 1.24. The van der Waals surface area contributed by atoms with E-state index in [0.717, 1.165) is 25.2 Å². The van der Waals surface area contributed by atoms with E-state index in [9.17, 15) is 0 Å². The van der Waals surface area contributed by atoms with Crippen molar-refractivity contribution in [1.82, 2.24) is 4.98 Å². The lowest BCUT2D eigenvalue weighted by Gasteiger charge is -2.06. The largest absolute Gasteiger partial charge is 0.397 e. The molecule has 0 aliphatic carbocycles. The summed E-state index contributed by atoms with van der Waals surface area (Å²) in [6, 6.07) is 3.65. The van der Waals surface area contributed by atoms with Crippen LogP contribution in [0.4, 0.5) is 11.5 Å². The van der Waals surface area contributed by atoms with Gasteiger partial charge in [0.05, 0.1) is 18.0 Å². The maximum absolute atomic E-state index is 9.03. The van der Waals surface area contributed by atoms with Crippen LogP contribution in [-0.4, -0.2) is 22.7 Å². The predicted molar refractivity (Wildman–Crippen MR) is 58.1 cm³/mol. The number of nitrogens with two attached hydrogens (primary N) is 1. The van der Waals surface area contributed by atoms with Gasteiger partial charge in [-0.15, -0.1) is 0 Å². The molecule has 4 N–H and O–H groups in total. The fourth-order valence-corrected chi connectivity index (χ4v) is 1.12. The van der Waals surface area contributed by atoms with Crippen LogP contribution >= 0.6 is 0 Å². The van der Waals surface area contributed by atoms with Gasteiger partial charge in [0.1, 0.15) is 5.82 Å². The number of anilines is 2. The standard InChI is InChI=1S/C10H17N3O/c1-8(14)3-2-6-12-10-5-4-9(11)7-13-10/h4-5,7-8,14H,2-3,6,11H2,1H3,(H,12,13). The second-order valence-corrected chi connectivity index (χ2v) is 3.39. The summed E-state index contributed by atoms with van der Waals surface area (Å²) >= 11 is 0. The Morgan fingerprint density at radius 2 is 2.36 bits per heavy atom. The van der Waals surface area contributed by atoms with E-state index in [2.05, 4.69) is 10.3 Å². The maximum Gasteiger partial charge on any atom is 0.126 e. The van der Waals surface area contributed by atoms with E-state index in [0.29, 0.717) is 5.69 Å². The highest BCUT2D eigenvalue weighted by Crippen LogP contribution is 2.06. The summed E-state index contributed by atoms with van der Waals surface area (Å²) in [5.74, 6) is 0.824. The molecule has 78 valence electrons. The molecule has 1 heterocycles. The van der Waals surface area contributed by atoms with Gasteiger partial charge in [-0.3, -0.25) is 0 Å². The lowest BCUT2D eigenvalue weighted by Crippen LogP contribution is -2.07. The monoisotopic (exact) mass is 195 g/mol. The first-order valence-electron chi connectivity index (χ1n) is 4.82. The zero-order valence-corrected chi connectivity index (χ0v) is 8.40. The lowest BCUT2D eigenvalue weighted by molar-refractivity contribution is 0.183. The number of pyridine rings is 1. The Kier molecular flexibility index (Phi) is 4.19. The smallest absolute Gasteiger partial charge is 0.126 e. The molecule has 0 fully saturated rings. The van der Waals surface area contributed by atoms with Crippen LogP contribution in [0, 0.1) is 0 Å². The van der Waals surface area contributed by atoms with Crippen molar-refractivity contribution in [1.29, 1.82) is 0 Å². The molecule has 1 aromatic rings. The van der Waals surface area contributed by atoms with Crippen molar-refractivity contribution in [3.8, 4) is 0 Å². The molecule has 0 saturated carbocycles. The number of rotatable bonds is 5. The normalized spacial score (nSPS) is 12.4. The van der Waals surface area contributed by atoms with Crippen molar-refractivity contribution >= 4 is 11.5 Å². The zero-order chi connectivity index (χ0) is 10.4. The summed E-state index contributed by atoms with van der Waals surface area (Å²) in [5.41, 5.74) is 6.16. The van der Waals surface area contributed by atoms with E-state index in [1.54, 1.807) is 13.1 Å². The van der Waals surface area contributed by atoms with E-state index in [1.165, 1.54) is 0 Å². The molecule has 0 aliphatic heterocycles. The molecule has 1 rings (SSSR count). The first-order valence-corrected chi connectivity index (χ1v) is 4.82. The average Bonchev–Trinajstić information content (AvgIpc) is 2.15. The van der Waals surface area contributed by atoms with Gasteiger partial charge in [0.2, 0.25) is 0 Å². The van der Waals surface area contributed by atoms with Crippen LogP contribution in [0.3, 0.4) is 0 Å². The Morgan fingerprint density at radius 1 is 1.57 bits per heavy atom. The van der Waals surface area contributed by atoms with E-state index in [1.807, 2.05) is 12.1 Å². The number of aliphatic hydroxyl groups is 1. The van der Waals surface area contributed by atoms with E-state index in [-0.39, 0.29) is 6.10 Å². The fraction of sp³-hybridized carbons (Fsp3) is 0.500. The zero-order valence-electron chi connectivity index (χ0n) is 8.40. The van der Waals surface area contributed by atoms with Crippen LogP contribution in [0.25, 0.3) is 0 Å². The van der Waals surface area contributed by atoms with Gasteiger partial charge in [-0.1, -0.05) is 0 Å². The average molecular weight is 195 g/mol. The molecule has 1 aromatic heterocycles. The molecule has 0 aromatic carbocycles. The van der Waals surface area contributed by atoms with Crippen molar-refractivity contribution in [2.75, 3.05) is 17.6 Å². The Labute approximate surface area is 84.2 Å². The quantitative estimate of drug-likeness (QED) is 0.618. The number of aromatic nitrogens is 1. The summed E-state index contributed by atoms with van der Waals surface area (Å²) in [6.07, 6.45) is 3.14. The number of aliphatic hydroxyl groups excluding tert-OH is 1. The molecular weight excluding hydrogens is 178 g/mol. The number of nitrogen functional groups attached to an aromatic ring is 1. The van der Waals surface area contributed by atoms with Crippen molar-refractivity contribution in [3.63, 3.8) is 0 Å². The summed E-state index contributed by atoms with van der Waals surface area (Å²) in [6.45, 7) is 2.61. The van der Waals surface area contributed by atoms with E-state index < -0.39 is 0 Å². The maximum atomic E-state index is 9.03. The Hall–Kier alpha value is -1.29. The molecule has 4 nitrogen and oxygen atoms in total. The van der Waals surface area contributed by atoms with Gasteiger partial charge in [-0.05, 0) is 31.9 Å². The molecule has 0 saturated heterocycles. The highest BCUT2D eigenvalue weighted by atomic mass is 16.3. The third-order valence-electron chi connectivity index (χ3n) is 1.89. The lowest BCUT2D eigenvalue weighted by atomic mass is 10.2. The molecule has 0 spiro atoms. The minimum atomic E-state index is -0.226. The van der Waals surface area contributed by atoms with Crippen LogP contribution in [0.5, 0.6) is 0 Å². The molecule has 1 unspecified atom stereocenters. The highest BCUT2D eigenvalue weighted by Gasteiger charge is 1.96. The van der Waals surface area contributed by atoms with Crippen molar-refractivity contribution in [2.45, 2.75) is 25.9 Å². The molecule has 1 atom stereocenters. The van der Waals surface area contributed by atoms with Crippen molar-refractivity contribution in [2.24, 2.45) is 0 Å². The van der Waals surface area contributed by atoms with Crippen molar-refractivity contribution in [3.05, 3.63) is 18.3 Å². The summed E-state index contributed by atoms with van der Waals surface area (Å²) in [4.78, 5) is 4.10. The fourth-order valence-electron chi connectivity index (χ4n) is 1.12. The van der Waals surface area contributed by atoms with Crippen LogP contribution in [0.15, 0.2) is 18.3 Å². The van der Waals surface area contributed by atoms with Crippen LogP contribution in [-0.2, 0) is 0 Å². The van der Waals surface area contributed by atoms with Gasteiger partial charge in [-0.25, -0.2) is 4.98 Å². The summed E-state index contributed by atoms with van der Waals surface area (Å²) in [5, 5.41) is 12.2. The molecule has 0 amide bonds. The number of hydrogen-bond donors (Lipinski definition) is 3. The third-order valence-corrected chi connectivity index (χ3v) is 1.89. The molecule has 0 bridgehead atoms. The van der Waals surface area contributed by atoms with Crippen LogP contribution < -0.4 is 11.1 Å². The van der Waals surface area contributed by atoms with Gasteiger partial charge in [0.15, 0.2) is 0 Å². The summed E-state index contributed by atoms with van der Waals surface area (Å²) < 4.78 is 0. The molecule has 0 aliphatic rings. The molecule has 4 heteroatoms. The Morgan fingerprint density at radius 3 is 2.93 bits per heavy atom. The molecule has 0 radical (unpaired) electrons. The SMILES string of the molecule is CC(O)CCCNc1ccc(N)cn1. The van der Waals surface area contributed by atoms with Crippen LogP contribution in [0.2, 0.25) is 0 Å². The van der Waals surface area contributed by atoms with Gasteiger partial charge < -0.3 is 16.2 Å². The number of nitrogens with one attached hydrogen (secondary N) is 1. The second-order valence-electron chi connectivity index (χ2n) is 3.39. The van der Waals surface area contributed by atoms with E-state index in [4.69, 9.17) is 10.8 Å². The Bertz CT molecular complexity index is 259. The summed E-state index contributed by atoms with van der Waals surface area (Å²) in [7, 11) is 0. The molecular formula is C10H17N3O. The minimum absolute atomic E-state index is 0.226. The first kappa shape index (κ1) is 10.8. The van der Waals surface area contributed by atoms with Crippen molar-refractivity contribution < 1.29 is 5.11 Å². The number of hydrogen-bond acceptors (Lipinski definition) is 4. The van der Waals surface area contributed by atoms with Gasteiger partial charge in [-0.2, -0.15) is 0 Å². The second kappa shape index (κ2) is 5.44. The Balaban J connectivity index is 2.21. The highest BCUT2D eigenvalue weighted by molar-refractivity contribution is 5.43.